The highest BCUT2D eigenvalue weighted by Gasteiger charge is 2.41. The highest BCUT2D eigenvalue weighted by Crippen LogP contribution is 2.25. The molecule has 1 aromatic heterocycles. The maximum absolute atomic E-state index is 13.8. The Morgan fingerprint density at radius 2 is 2.12 bits per heavy atom. The van der Waals surface area contributed by atoms with Crippen LogP contribution in [0.3, 0.4) is 0 Å². The lowest BCUT2D eigenvalue weighted by Gasteiger charge is -2.27. The van der Waals surface area contributed by atoms with Gasteiger partial charge in [0.1, 0.15) is 22.7 Å². The number of rotatable bonds is 4. The summed E-state index contributed by atoms with van der Waals surface area (Å²) in [6.07, 6.45) is -1.02. The molecule has 0 aromatic carbocycles. The van der Waals surface area contributed by atoms with Crippen LogP contribution in [0.15, 0.2) is 12.3 Å². The summed E-state index contributed by atoms with van der Waals surface area (Å²) < 4.78 is 32.7. The number of aromatic nitrogens is 1. The van der Waals surface area contributed by atoms with Gasteiger partial charge in [-0.3, -0.25) is 9.69 Å². The molecular weight excluding hydrogens is 354 g/mol. The SMILES string of the molecule is CC(C)(C)OC(=O)N1C[C@H](F)C[C@H]1C(=O)CCc1cc(Cl)ncc1F. The Morgan fingerprint density at radius 3 is 2.76 bits per heavy atom. The third-order valence-corrected chi connectivity index (χ3v) is 4.00. The number of hydrogen-bond acceptors (Lipinski definition) is 4. The number of amides is 1. The Kier molecular flexibility index (Phi) is 5.98. The van der Waals surface area contributed by atoms with Crippen molar-refractivity contribution in [3.05, 3.63) is 28.8 Å². The minimum atomic E-state index is -1.28. The molecule has 1 amide bonds. The summed E-state index contributed by atoms with van der Waals surface area (Å²) in [5.74, 6) is -0.894. The van der Waals surface area contributed by atoms with E-state index in [2.05, 4.69) is 4.98 Å². The largest absolute Gasteiger partial charge is 0.444 e. The Morgan fingerprint density at radius 1 is 1.44 bits per heavy atom. The number of carbonyl (C=O) groups is 2. The summed E-state index contributed by atoms with van der Waals surface area (Å²) >= 11 is 5.72. The topological polar surface area (TPSA) is 59.5 Å². The van der Waals surface area contributed by atoms with Gasteiger partial charge in [0.25, 0.3) is 0 Å². The first kappa shape index (κ1) is 19.6. The number of likely N-dealkylation sites (tertiary alicyclic amines) is 1. The van der Waals surface area contributed by atoms with Crippen LogP contribution in [0.25, 0.3) is 0 Å². The Balaban J connectivity index is 2.03. The van der Waals surface area contributed by atoms with Crippen molar-refractivity contribution in [2.75, 3.05) is 6.54 Å². The molecular formula is C17H21ClF2N2O3. The van der Waals surface area contributed by atoms with Crippen LogP contribution in [0.5, 0.6) is 0 Å². The highest BCUT2D eigenvalue weighted by molar-refractivity contribution is 6.29. The lowest BCUT2D eigenvalue weighted by Crippen LogP contribution is -2.43. The first-order valence-corrected chi connectivity index (χ1v) is 8.41. The molecule has 0 saturated carbocycles. The van der Waals surface area contributed by atoms with Gasteiger partial charge in [-0.05, 0) is 38.8 Å². The van der Waals surface area contributed by atoms with Crippen LogP contribution in [-0.2, 0) is 16.0 Å². The smallest absolute Gasteiger partial charge is 0.411 e. The second-order valence-electron chi connectivity index (χ2n) is 7.05. The molecule has 0 unspecified atom stereocenters. The van der Waals surface area contributed by atoms with E-state index in [0.717, 1.165) is 11.1 Å². The zero-order valence-electron chi connectivity index (χ0n) is 14.4. The first-order valence-electron chi connectivity index (χ1n) is 8.03. The van der Waals surface area contributed by atoms with E-state index >= 15 is 0 Å². The van der Waals surface area contributed by atoms with E-state index in [9.17, 15) is 18.4 Å². The number of aryl methyl sites for hydroxylation is 1. The summed E-state index contributed by atoms with van der Waals surface area (Å²) in [4.78, 5) is 29.4. The quantitative estimate of drug-likeness (QED) is 0.753. The summed E-state index contributed by atoms with van der Waals surface area (Å²) in [5, 5.41) is 0.129. The third-order valence-electron chi connectivity index (χ3n) is 3.79. The van der Waals surface area contributed by atoms with Crippen molar-refractivity contribution in [3.63, 3.8) is 0 Å². The van der Waals surface area contributed by atoms with Crippen LogP contribution < -0.4 is 0 Å². The number of nitrogens with zero attached hydrogens (tertiary/aromatic N) is 2. The number of alkyl halides is 1. The summed E-state index contributed by atoms with van der Waals surface area (Å²) in [7, 11) is 0. The number of Topliss-reactive ketones (excluding diaryl/α,β-unsaturated/α-hetero) is 1. The lowest BCUT2D eigenvalue weighted by atomic mass is 10.0. The highest BCUT2D eigenvalue weighted by atomic mass is 35.5. The van der Waals surface area contributed by atoms with Crippen LogP contribution >= 0.6 is 11.6 Å². The van der Waals surface area contributed by atoms with E-state index in [1.807, 2.05) is 0 Å². The molecule has 1 saturated heterocycles. The molecule has 0 aliphatic carbocycles. The minimum Gasteiger partial charge on any atom is -0.444 e. The molecule has 0 radical (unpaired) electrons. The normalized spacial score (nSPS) is 20.6. The summed E-state index contributed by atoms with van der Waals surface area (Å²) in [6, 6.07) is 0.452. The van der Waals surface area contributed by atoms with E-state index < -0.39 is 29.7 Å². The van der Waals surface area contributed by atoms with Crippen LogP contribution in [0.2, 0.25) is 5.15 Å². The molecule has 2 heterocycles. The van der Waals surface area contributed by atoms with Crippen molar-refractivity contribution >= 4 is 23.5 Å². The average molecular weight is 375 g/mol. The van der Waals surface area contributed by atoms with Crippen molar-refractivity contribution < 1.29 is 23.1 Å². The van der Waals surface area contributed by atoms with Gasteiger partial charge < -0.3 is 4.74 Å². The molecule has 0 N–H and O–H groups in total. The molecule has 8 heteroatoms. The number of ether oxygens (including phenoxy) is 1. The van der Waals surface area contributed by atoms with Gasteiger partial charge >= 0.3 is 6.09 Å². The molecule has 0 bridgehead atoms. The summed E-state index contributed by atoms with van der Waals surface area (Å²) in [6.45, 7) is 4.91. The van der Waals surface area contributed by atoms with Crippen molar-refractivity contribution in [1.29, 1.82) is 0 Å². The predicted molar refractivity (Wildman–Crippen MR) is 88.8 cm³/mol. The Hall–Kier alpha value is -1.76. The molecule has 138 valence electrons. The molecule has 25 heavy (non-hydrogen) atoms. The number of ketones is 1. The molecule has 0 spiro atoms. The van der Waals surface area contributed by atoms with E-state index in [0.29, 0.717) is 0 Å². The second kappa shape index (κ2) is 7.64. The fourth-order valence-corrected chi connectivity index (χ4v) is 2.86. The lowest BCUT2D eigenvalue weighted by molar-refractivity contribution is -0.123. The number of halogens is 3. The van der Waals surface area contributed by atoms with Crippen LogP contribution in [0.4, 0.5) is 13.6 Å². The van der Waals surface area contributed by atoms with Gasteiger partial charge in [-0.1, -0.05) is 11.6 Å². The van der Waals surface area contributed by atoms with Gasteiger partial charge in [-0.2, -0.15) is 0 Å². The maximum atomic E-state index is 13.8. The number of carbonyl (C=O) groups excluding carboxylic acids is 2. The van der Waals surface area contributed by atoms with Crippen LogP contribution in [0.1, 0.15) is 39.2 Å². The predicted octanol–water partition coefficient (Wildman–Crippen LogP) is 3.72. The van der Waals surface area contributed by atoms with Crippen LogP contribution in [0, 0.1) is 5.82 Å². The van der Waals surface area contributed by atoms with Crippen molar-refractivity contribution in [2.24, 2.45) is 0 Å². The van der Waals surface area contributed by atoms with Crippen molar-refractivity contribution in [3.8, 4) is 0 Å². The molecule has 1 aromatic rings. The van der Waals surface area contributed by atoms with Crippen molar-refractivity contribution in [2.45, 2.75) is 57.8 Å². The Bertz CT molecular complexity index is 664. The van der Waals surface area contributed by atoms with Gasteiger partial charge in [0, 0.05) is 12.8 Å². The van der Waals surface area contributed by atoms with Gasteiger partial charge in [0.2, 0.25) is 0 Å². The monoisotopic (exact) mass is 374 g/mol. The van der Waals surface area contributed by atoms with Gasteiger partial charge in [-0.15, -0.1) is 0 Å². The fraction of sp³-hybridized carbons (Fsp3) is 0.588. The average Bonchev–Trinajstić information content (AvgIpc) is 2.88. The van der Waals surface area contributed by atoms with E-state index in [1.165, 1.54) is 6.07 Å². The third kappa shape index (κ3) is 5.36. The zero-order chi connectivity index (χ0) is 18.8. The minimum absolute atomic E-state index is 0.0338. The Labute approximate surface area is 150 Å². The molecule has 2 atom stereocenters. The molecule has 1 aliphatic rings. The number of hydrogen-bond donors (Lipinski definition) is 0. The van der Waals surface area contributed by atoms with E-state index in [4.69, 9.17) is 16.3 Å². The van der Waals surface area contributed by atoms with Crippen molar-refractivity contribution in [1.82, 2.24) is 9.88 Å². The zero-order valence-corrected chi connectivity index (χ0v) is 15.1. The van der Waals surface area contributed by atoms with E-state index in [-0.39, 0.29) is 42.3 Å². The molecule has 5 nitrogen and oxygen atoms in total. The second-order valence-corrected chi connectivity index (χ2v) is 7.43. The van der Waals surface area contributed by atoms with Gasteiger partial charge in [0.05, 0.1) is 18.8 Å². The first-order chi connectivity index (χ1) is 11.6. The standard InChI is InChI=1S/C17H21ClF2N2O3/c1-17(2,3)25-16(24)22-9-11(19)7-13(22)14(23)5-4-10-6-15(18)21-8-12(10)20/h6,8,11,13H,4-5,7,9H2,1-3H3/t11-,13+/m1/s1. The van der Waals surface area contributed by atoms with Crippen LogP contribution in [-0.4, -0.2) is 46.1 Å². The fourth-order valence-electron chi connectivity index (χ4n) is 2.68. The molecule has 1 aliphatic heterocycles. The molecule has 1 fully saturated rings. The summed E-state index contributed by atoms with van der Waals surface area (Å²) in [5.41, 5.74) is -0.484. The number of pyridine rings is 1. The van der Waals surface area contributed by atoms with Gasteiger partial charge in [-0.25, -0.2) is 18.6 Å². The molecule has 2 rings (SSSR count). The van der Waals surface area contributed by atoms with E-state index in [1.54, 1.807) is 20.8 Å². The van der Waals surface area contributed by atoms with Gasteiger partial charge in [0.15, 0.2) is 5.78 Å². The maximum Gasteiger partial charge on any atom is 0.411 e.